The molecule has 0 spiro atoms. The quantitative estimate of drug-likeness (QED) is 0.830. The fraction of sp³-hybridized carbons (Fsp3) is 0.0833. The number of anilines is 1. The number of carbonyl (C=O) groups excluding carboxylic acids is 1. The Hall–Kier alpha value is -1.94. The monoisotopic (exact) mass is 247 g/mol. The summed E-state index contributed by atoms with van der Waals surface area (Å²) in [4.78, 5) is 19.6. The summed E-state index contributed by atoms with van der Waals surface area (Å²) in [7, 11) is 0. The Morgan fingerprint density at radius 2 is 2.24 bits per heavy atom. The lowest BCUT2D eigenvalue weighted by molar-refractivity contribution is 0.102. The Morgan fingerprint density at radius 1 is 1.41 bits per heavy atom. The van der Waals surface area contributed by atoms with Crippen molar-refractivity contribution in [3.63, 3.8) is 0 Å². The second-order valence-electron chi connectivity index (χ2n) is 3.53. The number of pyridine rings is 2. The number of nitrogens with one attached hydrogen (secondary N) is 1. The van der Waals surface area contributed by atoms with Crippen LogP contribution in [0.2, 0.25) is 5.15 Å². The second kappa shape index (κ2) is 4.93. The Labute approximate surface area is 104 Å². The van der Waals surface area contributed by atoms with Gasteiger partial charge in [-0.1, -0.05) is 11.6 Å². The summed E-state index contributed by atoms with van der Waals surface area (Å²) in [6, 6.07) is 5.17. The van der Waals surface area contributed by atoms with E-state index in [-0.39, 0.29) is 5.91 Å². The second-order valence-corrected chi connectivity index (χ2v) is 3.89. The molecule has 0 fully saturated rings. The molecule has 0 bridgehead atoms. The van der Waals surface area contributed by atoms with Crippen LogP contribution in [0.1, 0.15) is 15.9 Å². The van der Waals surface area contributed by atoms with Gasteiger partial charge in [-0.3, -0.25) is 9.78 Å². The molecule has 2 rings (SSSR count). The Morgan fingerprint density at radius 3 is 2.88 bits per heavy atom. The highest BCUT2D eigenvalue weighted by Gasteiger charge is 2.06. The largest absolute Gasteiger partial charge is 0.321 e. The molecule has 2 aromatic heterocycles. The zero-order chi connectivity index (χ0) is 12.3. The first kappa shape index (κ1) is 11.5. The maximum absolute atomic E-state index is 11.8. The standard InChI is InChI=1S/C12H10ClN3O/c1-8-5-10(7-15-11(8)13)16-12(17)9-3-2-4-14-6-9/h2-7H,1H3,(H,16,17). The van der Waals surface area contributed by atoms with Crippen LogP contribution < -0.4 is 5.32 Å². The van der Waals surface area contributed by atoms with Gasteiger partial charge in [0, 0.05) is 12.4 Å². The van der Waals surface area contributed by atoms with E-state index >= 15 is 0 Å². The highest BCUT2D eigenvalue weighted by Crippen LogP contribution is 2.16. The van der Waals surface area contributed by atoms with Gasteiger partial charge in [0.05, 0.1) is 17.4 Å². The van der Waals surface area contributed by atoms with Crippen molar-refractivity contribution in [2.24, 2.45) is 0 Å². The smallest absolute Gasteiger partial charge is 0.257 e. The van der Waals surface area contributed by atoms with Crippen molar-refractivity contribution in [2.45, 2.75) is 6.92 Å². The van der Waals surface area contributed by atoms with E-state index in [1.807, 2.05) is 6.92 Å². The topological polar surface area (TPSA) is 54.9 Å². The molecule has 1 N–H and O–H groups in total. The van der Waals surface area contributed by atoms with E-state index in [4.69, 9.17) is 11.6 Å². The van der Waals surface area contributed by atoms with Crippen LogP contribution in [0.25, 0.3) is 0 Å². The highest BCUT2D eigenvalue weighted by atomic mass is 35.5. The molecule has 0 aliphatic carbocycles. The molecule has 0 unspecified atom stereocenters. The predicted octanol–water partition coefficient (Wildman–Crippen LogP) is 2.69. The molecule has 5 heteroatoms. The van der Waals surface area contributed by atoms with Gasteiger partial charge in [0.1, 0.15) is 5.15 Å². The first-order chi connectivity index (χ1) is 8.16. The van der Waals surface area contributed by atoms with E-state index in [9.17, 15) is 4.79 Å². The summed E-state index contributed by atoms with van der Waals surface area (Å²) in [5, 5.41) is 3.16. The van der Waals surface area contributed by atoms with Crippen LogP contribution >= 0.6 is 11.6 Å². The van der Waals surface area contributed by atoms with Crippen LogP contribution in [-0.4, -0.2) is 15.9 Å². The van der Waals surface area contributed by atoms with Crippen molar-refractivity contribution < 1.29 is 4.79 Å². The number of halogens is 1. The van der Waals surface area contributed by atoms with Crippen LogP contribution in [0.15, 0.2) is 36.8 Å². The molecule has 0 aliphatic rings. The number of amides is 1. The van der Waals surface area contributed by atoms with Crippen molar-refractivity contribution >= 4 is 23.2 Å². The summed E-state index contributed by atoms with van der Waals surface area (Å²) in [5.74, 6) is -0.221. The van der Waals surface area contributed by atoms with Gasteiger partial charge in [0.25, 0.3) is 5.91 Å². The van der Waals surface area contributed by atoms with Crippen molar-refractivity contribution in [1.82, 2.24) is 9.97 Å². The minimum atomic E-state index is -0.221. The molecule has 1 amide bonds. The zero-order valence-electron chi connectivity index (χ0n) is 9.14. The van der Waals surface area contributed by atoms with Crippen molar-refractivity contribution in [1.29, 1.82) is 0 Å². The first-order valence-corrected chi connectivity index (χ1v) is 5.38. The molecular weight excluding hydrogens is 238 g/mol. The molecule has 86 valence electrons. The lowest BCUT2D eigenvalue weighted by atomic mass is 10.2. The minimum Gasteiger partial charge on any atom is -0.321 e. The Kier molecular flexibility index (Phi) is 3.35. The SMILES string of the molecule is Cc1cc(NC(=O)c2cccnc2)cnc1Cl. The number of carbonyl (C=O) groups is 1. The molecule has 4 nitrogen and oxygen atoms in total. The Balaban J connectivity index is 2.16. The van der Waals surface area contributed by atoms with Gasteiger partial charge in [0.15, 0.2) is 0 Å². The summed E-state index contributed by atoms with van der Waals surface area (Å²) in [6.07, 6.45) is 4.64. The summed E-state index contributed by atoms with van der Waals surface area (Å²) in [6.45, 7) is 1.83. The van der Waals surface area contributed by atoms with Gasteiger partial charge in [-0.25, -0.2) is 4.98 Å². The van der Waals surface area contributed by atoms with Gasteiger partial charge >= 0.3 is 0 Å². The molecule has 0 aromatic carbocycles. The zero-order valence-corrected chi connectivity index (χ0v) is 9.90. The Bertz CT molecular complexity index is 543. The fourth-order valence-electron chi connectivity index (χ4n) is 1.33. The highest BCUT2D eigenvalue weighted by molar-refractivity contribution is 6.30. The molecule has 0 radical (unpaired) electrons. The minimum absolute atomic E-state index is 0.221. The molecule has 0 aliphatic heterocycles. The van der Waals surface area contributed by atoms with Crippen LogP contribution in [0.4, 0.5) is 5.69 Å². The molecule has 2 aromatic rings. The average Bonchev–Trinajstić information content (AvgIpc) is 2.35. The number of nitrogens with zero attached hydrogens (tertiary/aromatic N) is 2. The average molecular weight is 248 g/mol. The first-order valence-electron chi connectivity index (χ1n) is 5.00. The van der Waals surface area contributed by atoms with Crippen LogP contribution in [-0.2, 0) is 0 Å². The number of aromatic nitrogens is 2. The van der Waals surface area contributed by atoms with Gasteiger partial charge < -0.3 is 5.32 Å². The van der Waals surface area contributed by atoms with Crippen LogP contribution in [0, 0.1) is 6.92 Å². The molecule has 17 heavy (non-hydrogen) atoms. The summed E-state index contributed by atoms with van der Waals surface area (Å²) < 4.78 is 0. The maximum Gasteiger partial charge on any atom is 0.257 e. The third-order valence-electron chi connectivity index (χ3n) is 2.20. The lowest BCUT2D eigenvalue weighted by Gasteiger charge is -2.05. The molecule has 0 atom stereocenters. The van der Waals surface area contributed by atoms with Crippen LogP contribution in [0.3, 0.4) is 0 Å². The lowest BCUT2D eigenvalue weighted by Crippen LogP contribution is -2.12. The van der Waals surface area contributed by atoms with Gasteiger partial charge in [-0.15, -0.1) is 0 Å². The number of rotatable bonds is 2. The third kappa shape index (κ3) is 2.79. The normalized spacial score (nSPS) is 10.0. The van der Waals surface area contributed by atoms with E-state index in [0.29, 0.717) is 16.4 Å². The fourth-order valence-corrected chi connectivity index (χ4v) is 1.43. The van der Waals surface area contributed by atoms with Gasteiger partial charge in [-0.2, -0.15) is 0 Å². The van der Waals surface area contributed by atoms with Crippen molar-refractivity contribution in [3.8, 4) is 0 Å². The van der Waals surface area contributed by atoms with Gasteiger partial charge in [0.2, 0.25) is 0 Å². The number of hydrogen-bond donors (Lipinski definition) is 1. The summed E-state index contributed by atoms with van der Waals surface area (Å²) in [5.41, 5.74) is 1.93. The van der Waals surface area contributed by atoms with Crippen molar-refractivity contribution in [3.05, 3.63) is 53.1 Å². The number of aryl methyl sites for hydroxylation is 1. The predicted molar refractivity (Wildman–Crippen MR) is 66.2 cm³/mol. The molecule has 2 heterocycles. The number of hydrogen-bond acceptors (Lipinski definition) is 3. The van der Waals surface area contributed by atoms with E-state index in [1.54, 1.807) is 24.4 Å². The molecule has 0 saturated carbocycles. The molecular formula is C12H10ClN3O. The van der Waals surface area contributed by atoms with Gasteiger partial charge in [-0.05, 0) is 30.7 Å². The summed E-state index contributed by atoms with van der Waals surface area (Å²) >= 11 is 5.80. The van der Waals surface area contributed by atoms with E-state index in [2.05, 4.69) is 15.3 Å². The van der Waals surface area contributed by atoms with Crippen LogP contribution in [0.5, 0.6) is 0 Å². The third-order valence-corrected chi connectivity index (χ3v) is 2.59. The molecule has 0 saturated heterocycles. The maximum atomic E-state index is 11.8. The van der Waals surface area contributed by atoms with Crippen molar-refractivity contribution in [2.75, 3.05) is 5.32 Å². The van der Waals surface area contributed by atoms with E-state index in [0.717, 1.165) is 5.56 Å². The van der Waals surface area contributed by atoms with E-state index < -0.39 is 0 Å². The van der Waals surface area contributed by atoms with E-state index in [1.165, 1.54) is 12.4 Å².